The van der Waals surface area contributed by atoms with E-state index in [1.807, 2.05) is 0 Å². The van der Waals surface area contributed by atoms with E-state index in [0.717, 1.165) is 31.5 Å². The minimum atomic E-state index is -0.898. The van der Waals surface area contributed by atoms with Gasteiger partial charge in [0.2, 0.25) is 0 Å². The SMILES string of the molecule is CCC1CCCN1c1ccncc1C(=O)O. The second-order valence-corrected chi connectivity index (χ2v) is 4.10. The third-order valence-corrected chi connectivity index (χ3v) is 3.19. The number of carboxylic acid groups (broad SMARTS) is 1. The highest BCUT2D eigenvalue weighted by molar-refractivity contribution is 5.94. The Balaban J connectivity index is 2.35. The van der Waals surface area contributed by atoms with E-state index in [1.54, 1.807) is 12.3 Å². The van der Waals surface area contributed by atoms with Gasteiger partial charge in [-0.05, 0) is 25.3 Å². The fourth-order valence-corrected chi connectivity index (χ4v) is 2.38. The number of carbonyl (C=O) groups is 1. The highest BCUT2D eigenvalue weighted by Crippen LogP contribution is 2.29. The van der Waals surface area contributed by atoms with Crippen molar-refractivity contribution in [3.63, 3.8) is 0 Å². The summed E-state index contributed by atoms with van der Waals surface area (Å²) in [7, 11) is 0. The molecule has 1 aliphatic rings. The summed E-state index contributed by atoms with van der Waals surface area (Å²) in [5.74, 6) is -0.898. The molecule has 1 N–H and O–H groups in total. The maximum atomic E-state index is 11.1. The summed E-state index contributed by atoms with van der Waals surface area (Å²) < 4.78 is 0. The summed E-state index contributed by atoms with van der Waals surface area (Å²) in [6.45, 7) is 3.09. The zero-order valence-corrected chi connectivity index (χ0v) is 9.39. The van der Waals surface area contributed by atoms with Crippen LogP contribution in [0.5, 0.6) is 0 Å². The molecular weight excluding hydrogens is 204 g/mol. The molecule has 4 heteroatoms. The molecule has 0 amide bonds. The highest BCUT2D eigenvalue weighted by atomic mass is 16.4. The van der Waals surface area contributed by atoms with Crippen molar-refractivity contribution in [3.05, 3.63) is 24.0 Å². The molecule has 86 valence electrons. The first kappa shape index (κ1) is 10.9. The van der Waals surface area contributed by atoms with Gasteiger partial charge in [0.1, 0.15) is 5.56 Å². The number of hydrogen-bond acceptors (Lipinski definition) is 3. The van der Waals surface area contributed by atoms with Gasteiger partial charge in [0.05, 0.1) is 5.69 Å². The third kappa shape index (κ3) is 1.87. The van der Waals surface area contributed by atoms with Crippen LogP contribution in [0.3, 0.4) is 0 Å². The van der Waals surface area contributed by atoms with Crippen molar-refractivity contribution in [3.8, 4) is 0 Å². The Morgan fingerprint density at radius 2 is 2.50 bits per heavy atom. The molecule has 1 saturated heterocycles. The van der Waals surface area contributed by atoms with Gasteiger partial charge in [0, 0.05) is 25.0 Å². The van der Waals surface area contributed by atoms with Gasteiger partial charge in [0.25, 0.3) is 0 Å². The van der Waals surface area contributed by atoms with E-state index in [0.29, 0.717) is 11.6 Å². The van der Waals surface area contributed by atoms with Crippen molar-refractivity contribution >= 4 is 11.7 Å². The van der Waals surface area contributed by atoms with Crippen molar-refractivity contribution in [2.75, 3.05) is 11.4 Å². The summed E-state index contributed by atoms with van der Waals surface area (Å²) in [6.07, 6.45) is 6.44. The molecule has 2 rings (SSSR count). The van der Waals surface area contributed by atoms with E-state index >= 15 is 0 Å². The van der Waals surface area contributed by atoms with Crippen molar-refractivity contribution in [2.24, 2.45) is 0 Å². The number of anilines is 1. The van der Waals surface area contributed by atoms with Crippen molar-refractivity contribution in [1.29, 1.82) is 0 Å². The number of carboxylic acids is 1. The maximum absolute atomic E-state index is 11.1. The lowest BCUT2D eigenvalue weighted by Gasteiger charge is -2.26. The molecule has 1 aromatic rings. The van der Waals surface area contributed by atoms with Crippen LogP contribution in [0.25, 0.3) is 0 Å². The summed E-state index contributed by atoms with van der Waals surface area (Å²) in [6, 6.07) is 2.28. The summed E-state index contributed by atoms with van der Waals surface area (Å²) in [4.78, 5) is 17.2. The summed E-state index contributed by atoms with van der Waals surface area (Å²) in [5.41, 5.74) is 1.12. The van der Waals surface area contributed by atoms with Crippen LogP contribution in [0.1, 0.15) is 36.5 Å². The van der Waals surface area contributed by atoms with E-state index in [1.165, 1.54) is 6.20 Å². The molecule has 16 heavy (non-hydrogen) atoms. The molecule has 4 nitrogen and oxygen atoms in total. The van der Waals surface area contributed by atoms with Crippen LogP contribution in [-0.4, -0.2) is 28.6 Å². The van der Waals surface area contributed by atoms with Crippen LogP contribution in [-0.2, 0) is 0 Å². The second-order valence-electron chi connectivity index (χ2n) is 4.10. The molecule has 1 fully saturated rings. The summed E-state index contributed by atoms with van der Waals surface area (Å²) >= 11 is 0. The molecule has 0 radical (unpaired) electrons. The van der Waals surface area contributed by atoms with E-state index in [9.17, 15) is 4.79 Å². The molecule has 2 heterocycles. The minimum Gasteiger partial charge on any atom is -0.478 e. The summed E-state index contributed by atoms with van der Waals surface area (Å²) in [5, 5.41) is 9.12. The predicted octanol–water partition coefficient (Wildman–Crippen LogP) is 2.16. The van der Waals surface area contributed by atoms with Gasteiger partial charge in [-0.2, -0.15) is 0 Å². The molecule has 1 unspecified atom stereocenters. The number of pyridine rings is 1. The first-order valence-corrected chi connectivity index (χ1v) is 5.68. The van der Waals surface area contributed by atoms with Gasteiger partial charge in [-0.15, -0.1) is 0 Å². The fraction of sp³-hybridized carbons (Fsp3) is 0.500. The molecule has 0 bridgehead atoms. The lowest BCUT2D eigenvalue weighted by molar-refractivity contribution is 0.0697. The van der Waals surface area contributed by atoms with Gasteiger partial charge < -0.3 is 10.0 Å². The van der Waals surface area contributed by atoms with Crippen LogP contribution in [0.15, 0.2) is 18.5 Å². The molecular formula is C12H16N2O2. The quantitative estimate of drug-likeness (QED) is 0.848. The Labute approximate surface area is 94.9 Å². The predicted molar refractivity (Wildman–Crippen MR) is 61.9 cm³/mol. The van der Waals surface area contributed by atoms with Crippen molar-refractivity contribution in [1.82, 2.24) is 4.98 Å². The normalized spacial score (nSPS) is 20.1. The Morgan fingerprint density at radius 1 is 1.69 bits per heavy atom. The monoisotopic (exact) mass is 220 g/mol. The average molecular weight is 220 g/mol. The number of aromatic carboxylic acids is 1. The number of hydrogen-bond donors (Lipinski definition) is 1. The van der Waals surface area contributed by atoms with Crippen LogP contribution >= 0.6 is 0 Å². The number of aromatic nitrogens is 1. The zero-order chi connectivity index (χ0) is 11.5. The lowest BCUT2D eigenvalue weighted by Crippen LogP contribution is -2.30. The fourth-order valence-electron chi connectivity index (χ4n) is 2.38. The standard InChI is InChI=1S/C12H16N2O2/c1-2-9-4-3-7-14(9)11-5-6-13-8-10(11)12(15)16/h5-6,8-9H,2-4,7H2,1H3,(H,15,16). The van der Waals surface area contributed by atoms with Crippen LogP contribution in [0, 0.1) is 0 Å². The van der Waals surface area contributed by atoms with E-state index in [-0.39, 0.29) is 0 Å². The van der Waals surface area contributed by atoms with E-state index in [2.05, 4.69) is 16.8 Å². The number of nitrogens with zero attached hydrogens (tertiary/aromatic N) is 2. The van der Waals surface area contributed by atoms with Gasteiger partial charge >= 0.3 is 5.97 Å². The largest absolute Gasteiger partial charge is 0.478 e. The van der Waals surface area contributed by atoms with E-state index in [4.69, 9.17) is 5.11 Å². The first-order valence-electron chi connectivity index (χ1n) is 5.68. The second kappa shape index (κ2) is 4.51. The molecule has 0 saturated carbocycles. The number of rotatable bonds is 3. The molecule has 0 aliphatic carbocycles. The molecule has 1 aliphatic heterocycles. The highest BCUT2D eigenvalue weighted by Gasteiger charge is 2.26. The van der Waals surface area contributed by atoms with Crippen LogP contribution in [0.4, 0.5) is 5.69 Å². The maximum Gasteiger partial charge on any atom is 0.339 e. The van der Waals surface area contributed by atoms with Crippen molar-refractivity contribution < 1.29 is 9.90 Å². The minimum absolute atomic E-state index is 0.308. The third-order valence-electron chi connectivity index (χ3n) is 3.19. The van der Waals surface area contributed by atoms with E-state index < -0.39 is 5.97 Å². The van der Waals surface area contributed by atoms with Crippen LogP contribution < -0.4 is 4.90 Å². The van der Waals surface area contributed by atoms with Gasteiger partial charge in [0.15, 0.2) is 0 Å². The molecule has 0 aromatic carbocycles. The zero-order valence-electron chi connectivity index (χ0n) is 9.39. The lowest BCUT2D eigenvalue weighted by atomic mass is 10.1. The Morgan fingerprint density at radius 3 is 3.19 bits per heavy atom. The van der Waals surface area contributed by atoms with Gasteiger partial charge in [-0.3, -0.25) is 4.98 Å². The average Bonchev–Trinajstić information content (AvgIpc) is 2.76. The van der Waals surface area contributed by atoms with Crippen molar-refractivity contribution in [2.45, 2.75) is 32.2 Å². The van der Waals surface area contributed by atoms with Gasteiger partial charge in [-0.1, -0.05) is 6.92 Å². The van der Waals surface area contributed by atoms with Crippen LogP contribution in [0.2, 0.25) is 0 Å². The first-order chi connectivity index (χ1) is 7.74. The smallest absolute Gasteiger partial charge is 0.339 e. The topological polar surface area (TPSA) is 53.4 Å². The molecule has 1 atom stereocenters. The Kier molecular flexibility index (Phi) is 3.08. The Bertz CT molecular complexity index is 392. The molecule has 1 aromatic heterocycles. The molecule has 0 spiro atoms. The Hall–Kier alpha value is -1.58. The van der Waals surface area contributed by atoms with Gasteiger partial charge in [-0.25, -0.2) is 4.79 Å².